The molecule has 1 aromatic rings. The van der Waals surface area contributed by atoms with Crippen LogP contribution in [0.1, 0.15) is 31.0 Å². The average Bonchev–Trinajstić information content (AvgIpc) is 2.68. The number of piperidine rings is 1. The van der Waals surface area contributed by atoms with Crippen molar-refractivity contribution in [2.75, 3.05) is 19.6 Å². The molecule has 4 heteroatoms. The van der Waals surface area contributed by atoms with E-state index in [1.807, 2.05) is 0 Å². The first-order chi connectivity index (χ1) is 8.19. The molecule has 0 aliphatic carbocycles. The summed E-state index contributed by atoms with van der Waals surface area (Å²) in [7, 11) is 0. The molecule has 2 atom stereocenters. The Kier molecular flexibility index (Phi) is 4.54. The molecule has 1 fully saturated rings. The van der Waals surface area contributed by atoms with Gasteiger partial charge in [-0.3, -0.25) is 4.90 Å². The first kappa shape index (κ1) is 13.0. The Bertz CT molecular complexity index is 350. The van der Waals surface area contributed by atoms with Crippen molar-refractivity contribution in [1.82, 2.24) is 15.2 Å². The average molecular weight is 253 g/mol. The number of aromatic nitrogens is 1. The molecule has 1 aliphatic rings. The minimum atomic E-state index is 0.702. The lowest BCUT2D eigenvalue weighted by Gasteiger charge is -2.37. The van der Waals surface area contributed by atoms with E-state index in [4.69, 9.17) is 0 Å². The highest BCUT2D eigenvalue weighted by Crippen LogP contribution is 2.19. The third-order valence-electron chi connectivity index (χ3n) is 3.51. The van der Waals surface area contributed by atoms with E-state index in [1.165, 1.54) is 30.2 Å². The van der Waals surface area contributed by atoms with Gasteiger partial charge >= 0.3 is 0 Å². The Morgan fingerprint density at radius 2 is 2.41 bits per heavy atom. The number of nitrogens with one attached hydrogen (secondary N) is 1. The molecular weight excluding hydrogens is 230 g/mol. The summed E-state index contributed by atoms with van der Waals surface area (Å²) in [5, 5.41) is 6.95. The molecule has 1 saturated heterocycles. The van der Waals surface area contributed by atoms with Gasteiger partial charge in [-0.2, -0.15) is 0 Å². The van der Waals surface area contributed by atoms with E-state index < -0.39 is 0 Å². The number of rotatable bonds is 4. The van der Waals surface area contributed by atoms with Crippen molar-refractivity contribution in [3.05, 3.63) is 16.1 Å². The van der Waals surface area contributed by atoms with Gasteiger partial charge in [-0.05, 0) is 25.8 Å². The number of hydrogen-bond donors (Lipinski definition) is 1. The molecule has 17 heavy (non-hydrogen) atoms. The number of likely N-dealkylation sites (tertiary alicyclic amines) is 1. The van der Waals surface area contributed by atoms with Gasteiger partial charge in [0.05, 0.1) is 10.7 Å². The van der Waals surface area contributed by atoms with E-state index in [1.54, 1.807) is 11.3 Å². The normalized spacial score (nSPS) is 26.3. The topological polar surface area (TPSA) is 28.2 Å². The zero-order chi connectivity index (χ0) is 12.3. The third kappa shape index (κ3) is 3.50. The third-order valence-corrected chi connectivity index (χ3v) is 4.33. The van der Waals surface area contributed by atoms with Crippen LogP contribution in [0.15, 0.2) is 5.38 Å². The van der Waals surface area contributed by atoms with Crippen LogP contribution in [0.5, 0.6) is 0 Å². The molecular formula is C13H23N3S. The molecule has 0 aromatic carbocycles. The molecule has 0 radical (unpaired) electrons. The fourth-order valence-corrected chi connectivity index (χ4v) is 3.25. The minimum Gasteiger partial charge on any atom is -0.314 e. The molecule has 2 unspecified atom stereocenters. The highest BCUT2D eigenvalue weighted by Gasteiger charge is 2.25. The SMILES string of the molecule is CCNC1CCN(Cc2csc(C)n2)CC1C. The summed E-state index contributed by atoms with van der Waals surface area (Å²) in [5.41, 5.74) is 1.24. The van der Waals surface area contributed by atoms with Crippen molar-refractivity contribution < 1.29 is 0 Å². The summed E-state index contributed by atoms with van der Waals surface area (Å²) in [4.78, 5) is 7.08. The van der Waals surface area contributed by atoms with Gasteiger partial charge in [0.2, 0.25) is 0 Å². The Morgan fingerprint density at radius 1 is 1.59 bits per heavy atom. The summed E-state index contributed by atoms with van der Waals surface area (Å²) < 4.78 is 0. The van der Waals surface area contributed by atoms with Crippen LogP contribution in [0.2, 0.25) is 0 Å². The zero-order valence-corrected chi connectivity index (χ0v) is 11.9. The Labute approximate surface area is 108 Å². The van der Waals surface area contributed by atoms with Crippen molar-refractivity contribution in [3.63, 3.8) is 0 Å². The number of thiazole rings is 1. The van der Waals surface area contributed by atoms with E-state index >= 15 is 0 Å². The summed E-state index contributed by atoms with van der Waals surface area (Å²) in [5.74, 6) is 0.739. The van der Waals surface area contributed by atoms with E-state index in [-0.39, 0.29) is 0 Å². The number of aryl methyl sites for hydroxylation is 1. The van der Waals surface area contributed by atoms with Crippen molar-refractivity contribution in [3.8, 4) is 0 Å². The van der Waals surface area contributed by atoms with Gasteiger partial charge in [0.1, 0.15) is 0 Å². The van der Waals surface area contributed by atoms with Crippen molar-refractivity contribution in [2.24, 2.45) is 5.92 Å². The lowest BCUT2D eigenvalue weighted by atomic mass is 9.94. The predicted molar refractivity (Wildman–Crippen MR) is 73.4 cm³/mol. The van der Waals surface area contributed by atoms with Gasteiger partial charge < -0.3 is 5.32 Å². The Balaban J connectivity index is 1.85. The van der Waals surface area contributed by atoms with Crippen molar-refractivity contribution in [1.29, 1.82) is 0 Å². The maximum absolute atomic E-state index is 4.55. The monoisotopic (exact) mass is 253 g/mol. The maximum atomic E-state index is 4.55. The molecule has 2 heterocycles. The van der Waals surface area contributed by atoms with Gasteiger partial charge in [-0.25, -0.2) is 4.98 Å². The lowest BCUT2D eigenvalue weighted by molar-refractivity contribution is 0.141. The molecule has 1 aromatic heterocycles. The van der Waals surface area contributed by atoms with Crippen LogP contribution in [0.3, 0.4) is 0 Å². The van der Waals surface area contributed by atoms with Crippen LogP contribution >= 0.6 is 11.3 Å². The van der Waals surface area contributed by atoms with E-state index in [0.29, 0.717) is 6.04 Å². The molecule has 1 aliphatic heterocycles. The Hall–Kier alpha value is -0.450. The molecule has 2 rings (SSSR count). The minimum absolute atomic E-state index is 0.702. The van der Waals surface area contributed by atoms with Crippen molar-refractivity contribution >= 4 is 11.3 Å². The smallest absolute Gasteiger partial charge is 0.0897 e. The predicted octanol–water partition coefficient (Wildman–Crippen LogP) is 2.27. The quantitative estimate of drug-likeness (QED) is 0.892. The van der Waals surface area contributed by atoms with Gasteiger partial charge in [-0.15, -0.1) is 11.3 Å². The molecule has 0 bridgehead atoms. The summed E-state index contributed by atoms with van der Waals surface area (Å²) in [6.07, 6.45) is 1.26. The molecule has 0 saturated carbocycles. The standard InChI is InChI=1S/C13H23N3S/c1-4-14-13-5-6-16(7-10(13)2)8-12-9-17-11(3)15-12/h9-10,13-14H,4-8H2,1-3H3. The summed E-state index contributed by atoms with van der Waals surface area (Å²) in [6, 6.07) is 0.702. The van der Waals surface area contributed by atoms with Crippen molar-refractivity contribution in [2.45, 2.75) is 39.8 Å². The highest BCUT2D eigenvalue weighted by atomic mass is 32.1. The number of nitrogens with zero attached hydrogens (tertiary/aromatic N) is 2. The van der Waals surface area contributed by atoms with Gasteiger partial charge in [0.25, 0.3) is 0 Å². The Morgan fingerprint density at radius 3 is 3.00 bits per heavy atom. The fraction of sp³-hybridized carbons (Fsp3) is 0.769. The van der Waals surface area contributed by atoms with Crippen LogP contribution in [-0.4, -0.2) is 35.6 Å². The second-order valence-corrected chi connectivity index (χ2v) is 6.09. The molecule has 0 spiro atoms. The first-order valence-corrected chi connectivity index (χ1v) is 7.43. The van der Waals surface area contributed by atoms with Gasteiger partial charge in [0, 0.05) is 31.1 Å². The van der Waals surface area contributed by atoms with Gasteiger partial charge in [0.15, 0.2) is 0 Å². The van der Waals surface area contributed by atoms with Crippen LogP contribution < -0.4 is 5.32 Å². The molecule has 96 valence electrons. The van der Waals surface area contributed by atoms with Crippen LogP contribution in [0.25, 0.3) is 0 Å². The fourth-order valence-electron chi connectivity index (χ4n) is 2.65. The van der Waals surface area contributed by atoms with Crippen LogP contribution in [0.4, 0.5) is 0 Å². The second kappa shape index (κ2) is 5.94. The number of hydrogen-bond acceptors (Lipinski definition) is 4. The summed E-state index contributed by atoms with van der Waals surface area (Å²) in [6.45, 7) is 11.1. The largest absolute Gasteiger partial charge is 0.314 e. The lowest BCUT2D eigenvalue weighted by Crippen LogP contribution is -2.47. The van der Waals surface area contributed by atoms with Crippen LogP contribution in [0, 0.1) is 12.8 Å². The summed E-state index contributed by atoms with van der Waals surface area (Å²) >= 11 is 1.75. The highest BCUT2D eigenvalue weighted by molar-refractivity contribution is 7.09. The molecule has 0 amide bonds. The second-order valence-electron chi connectivity index (χ2n) is 5.02. The van der Waals surface area contributed by atoms with Gasteiger partial charge in [-0.1, -0.05) is 13.8 Å². The zero-order valence-electron chi connectivity index (χ0n) is 11.1. The maximum Gasteiger partial charge on any atom is 0.0897 e. The first-order valence-electron chi connectivity index (χ1n) is 6.55. The molecule has 3 nitrogen and oxygen atoms in total. The van der Waals surface area contributed by atoms with E-state index in [0.717, 1.165) is 19.0 Å². The van der Waals surface area contributed by atoms with E-state index in [9.17, 15) is 0 Å². The molecule has 1 N–H and O–H groups in total. The van der Waals surface area contributed by atoms with E-state index in [2.05, 4.69) is 41.4 Å². The van der Waals surface area contributed by atoms with Crippen LogP contribution in [-0.2, 0) is 6.54 Å².